The lowest BCUT2D eigenvalue weighted by Crippen LogP contribution is -2.13. The molecule has 0 aliphatic heterocycles. The fourth-order valence-corrected chi connectivity index (χ4v) is 1.53. The Morgan fingerprint density at radius 3 is 2.58 bits per heavy atom. The molecule has 5 heteroatoms. The monoisotopic (exact) mass is 252 g/mol. The molecule has 1 amide bonds. The second kappa shape index (κ2) is 5.65. The number of nitriles is 1. The van der Waals surface area contributed by atoms with E-state index in [1.807, 2.05) is 0 Å². The Morgan fingerprint density at radius 2 is 2.00 bits per heavy atom. The first kappa shape index (κ1) is 12.6. The number of hydrogen-bond donors (Lipinski definition) is 2. The van der Waals surface area contributed by atoms with E-state index in [4.69, 9.17) is 11.0 Å². The first-order valence-electron chi connectivity index (χ1n) is 5.68. The van der Waals surface area contributed by atoms with E-state index in [9.17, 15) is 4.79 Å². The predicted molar refractivity (Wildman–Crippen MR) is 72.4 cm³/mol. The Balaban J connectivity index is 2.06. The van der Waals surface area contributed by atoms with Crippen LogP contribution in [-0.4, -0.2) is 10.9 Å². The topological polar surface area (TPSA) is 91.8 Å². The van der Waals surface area contributed by atoms with Gasteiger partial charge in [-0.2, -0.15) is 5.26 Å². The molecule has 0 saturated carbocycles. The molecule has 0 aliphatic rings. The zero-order valence-electron chi connectivity index (χ0n) is 10.1. The van der Waals surface area contributed by atoms with Gasteiger partial charge in [0.1, 0.15) is 5.69 Å². The lowest BCUT2D eigenvalue weighted by molar-refractivity contribution is 0.102. The van der Waals surface area contributed by atoms with Crippen molar-refractivity contribution < 1.29 is 4.79 Å². The van der Waals surface area contributed by atoms with Gasteiger partial charge in [0.05, 0.1) is 24.4 Å². The summed E-state index contributed by atoms with van der Waals surface area (Å²) in [5, 5.41) is 11.3. The lowest BCUT2D eigenvalue weighted by Gasteiger charge is -2.05. The number of aromatic nitrogens is 1. The van der Waals surface area contributed by atoms with Crippen molar-refractivity contribution in [2.75, 3.05) is 11.1 Å². The number of carbonyl (C=O) groups is 1. The molecule has 3 N–H and O–H groups in total. The summed E-state index contributed by atoms with van der Waals surface area (Å²) in [7, 11) is 0. The molecular formula is C14H12N4O. The van der Waals surface area contributed by atoms with Crippen LogP contribution in [0.25, 0.3) is 0 Å². The summed E-state index contributed by atoms with van der Waals surface area (Å²) in [6.45, 7) is 0. The minimum absolute atomic E-state index is 0.298. The summed E-state index contributed by atoms with van der Waals surface area (Å²) in [5.41, 5.74) is 7.88. The highest BCUT2D eigenvalue weighted by Crippen LogP contribution is 2.11. The van der Waals surface area contributed by atoms with Crippen LogP contribution in [0.15, 0.2) is 42.6 Å². The summed E-state index contributed by atoms with van der Waals surface area (Å²) in [4.78, 5) is 15.8. The molecule has 2 aromatic rings. The van der Waals surface area contributed by atoms with Crippen LogP contribution in [0.5, 0.6) is 0 Å². The molecule has 94 valence electrons. The molecule has 2 rings (SSSR count). The summed E-state index contributed by atoms with van der Waals surface area (Å²) >= 11 is 0. The van der Waals surface area contributed by atoms with Gasteiger partial charge < -0.3 is 11.1 Å². The number of pyridine rings is 1. The molecule has 0 aliphatic carbocycles. The number of hydrogen-bond acceptors (Lipinski definition) is 4. The Hall–Kier alpha value is -2.87. The number of nitrogens with two attached hydrogens (primary N) is 1. The molecule has 0 atom stereocenters. The lowest BCUT2D eigenvalue weighted by atomic mass is 10.1. The quantitative estimate of drug-likeness (QED) is 0.873. The van der Waals surface area contributed by atoms with Crippen molar-refractivity contribution in [3.8, 4) is 6.07 Å². The van der Waals surface area contributed by atoms with Gasteiger partial charge in [-0.3, -0.25) is 4.79 Å². The number of rotatable bonds is 3. The van der Waals surface area contributed by atoms with E-state index in [2.05, 4.69) is 16.4 Å². The number of amides is 1. The van der Waals surface area contributed by atoms with Gasteiger partial charge in [-0.1, -0.05) is 12.1 Å². The highest BCUT2D eigenvalue weighted by molar-refractivity contribution is 6.02. The van der Waals surface area contributed by atoms with E-state index >= 15 is 0 Å². The van der Waals surface area contributed by atoms with Gasteiger partial charge in [-0.05, 0) is 29.8 Å². The minimum Gasteiger partial charge on any atom is -0.397 e. The van der Waals surface area contributed by atoms with Crippen LogP contribution in [0, 0.1) is 11.3 Å². The van der Waals surface area contributed by atoms with Crippen molar-refractivity contribution in [1.82, 2.24) is 4.98 Å². The minimum atomic E-state index is -0.298. The van der Waals surface area contributed by atoms with Crippen molar-refractivity contribution in [3.05, 3.63) is 53.9 Å². The van der Waals surface area contributed by atoms with E-state index in [0.29, 0.717) is 23.5 Å². The smallest absolute Gasteiger partial charge is 0.274 e. The van der Waals surface area contributed by atoms with E-state index in [0.717, 1.165) is 5.56 Å². The molecule has 19 heavy (non-hydrogen) atoms. The van der Waals surface area contributed by atoms with Crippen molar-refractivity contribution in [2.45, 2.75) is 6.42 Å². The van der Waals surface area contributed by atoms with Crippen molar-refractivity contribution >= 4 is 17.3 Å². The number of nitrogens with zero attached hydrogens (tertiary/aromatic N) is 2. The van der Waals surface area contributed by atoms with Crippen LogP contribution >= 0.6 is 0 Å². The summed E-state index contributed by atoms with van der Waals surface area (Å²) in [6, 6.07) is 12.4. The third-order valence-electron chi connectivity index (χ3n) is 2.51. The van der Waals surface area contributed by atoms with Gasteiger partial charge in [0.15, 0.2) is 0 Å². The van der Waals surface area contributed by atoms with Crippen LogP contribution in [0.4, 0.5) is 11.4 Å². The predicted octanol–water partition coefficient (Wildman–Crippen LogP) is 1.98. The molecule has 0 radical (unpaired) electrons. The van der Waals surface area contributed by atoms with E-state index in [-0.39, 0.29) is 5.91 Å². The Labute approximate surface area is 110 Å². The van der Waals surface area contributed by atoms with Gasteiger partial charge in [0.25, 0.3) is 5.91 Å². The Kier molecular flexibility index (Phi) is 3.74. The van der Waals surface area contributed by atoms with Crippen LogP contribution in [0.3, 0.4) is 0 Å². The number of benzene rings is 1. The number of carbonyl (C=O) groups excluding carboxylic acids is 1. The number of nitrogens with one attached hydrogen (secondary N) is 1. The van der Waals surface area contributed by atoms with Gasteiger partial charge in [-0.15, -0.1) is 0 Å². The molecule has 0 spiro atoms. The van der Waals surface area contributed by atoms with Gasteiger partial charge in [0.2, 0.25) is 0 Å². The van der Waals surface area contributed by atoms with Crippen LogP contribution < -0.4 is 11.1 Å². The van der Waals surface area contributed by atoms with Crippen molar-refractivity contribution in [1.29, 1.82) is 5.26 Å². The van der Waals surface area contributed by atoms with Gasteiger partial charge in [-0.25, -0.2) is 4.98 Å². The molecule has 5 nitrogen and oxygen atoms in total. The average Bonchev–Trinajstić information content (AvgIpc) is 2.42. The average molecular weight is 252 g/mol. The van der Waals surface area contributed by atoms with E-state index < -0.39 is 0 Å². The maximum atomic E-state index is 11.9. The normalized spacial score (nSPS) is 9.63. The van der Waals surface area contributed by atoms with Crippen LogP contribution in [0.1, 0.15) is 16.1 Å². The second-order valence-electron chi connectivity index (χ2n) is 3.96. The first-order chi connectivity index (χ1) is 9.19. The second-order valence-corrected chi connectivity index (χ2v) is 3.96. The standard InChI is InChI=1S/C14H12N4O/c15-8-7-10-1-4-12(5-2-10)18-14(19)13-6-3-11(16)9-17-13/h1-6,9H,7,16H2,(H,18,19). The number of anilines is 2. The van der Waals surface area contributed by atoms with Crippen LogP contribution in [-0.2, 0) is 6.42 Å². The molecular weight excluding hydrogens is 240 g/mol. The molecule has 0 bridgehead atoms. The molecule has 1 aromatic carbocycles. The van der Waals surface area contributed by atoms with Crippen LogP contribution in [0.2, 0.25) is 0 Å². The summed E-state index contributed by atoms with van der Waals surface area (Å²) < 4.78 is 0. The maximum Gasteiger partial charge on any atom is 0.274 e. The van der Waals surface area contributed by atoms with E-state index in [1.165, 1.54) is 6.20 Å². The zero-order chi connectivity index (χ0) is 13.7. The number of nitrogen functional groups attached to an aromatic ring is 1. The highest BCUT2D eigenvalue weighted by Gasteiger charge is 2.07. The maximum absolute atomic E-state index is 11.9. The Bertz CT molecular complexity index is 611. The van der Waals surface area contributed by atoms with Crippen molar-refractivity contribution in [2.24, 2.45) is 0 Å². The molecule has 0 unspecified atom stereocenters. The first-order valence-corrected chi connectivity index (χ1v) is 5.68. The Morgan fingerprint density at radius 1 is 1.26 bits per heavy atom. The van der Waals surface area contributed by atoms with E-state index in [1.54, 1.807) is 36.4 Å². The summed E-state index contributed by atoms with van der Waals surface area (Å²) in [6.07, 6.45) is 1.79. The fraction of sp³-hybridized carbons (Fsp3) is 0.0714. The largest absolute Gasteiger partial charge is 0.397 e. The van der Waals surface area contributed by atoms with Gasteiger partial charge in [0, 0.05) is 5.69 Å². The molecule has 1 aromatic heterocycles. The molecule has 0 saturated heterocycles. The highest BCUT2D eigenvalue weighted by atomic mass is 16.1. The molecule has 0 fully saturated rings. The fourth-order valence-electron chi connectivity index (χ4n) is 1.53. The summed E-state index contributed by atoms with van der Waals surface area (Å²) in [5.74, 6) is -0.298. The van der Waals surface area contributed by atoms with Crippen molar-refractivity contribution in [3.63, 3.8) is 0 Å². The molecule has 1 heterocycles. The third kappa shape index (κ3) is 3.30. The zero-order valence-corrected chi connectivity index (χ0v) is 10.1. The SMILES string of the molecule is N#CCc1ccc(NC(=O)c2ccc(N)cn2)cc1. The third-order valence-corrected chi connectivity index (χ3v) is 2.51. The van der Waals surface area contributed by atoms with Gasteiger partial charge >= 0.3 is 0 Å².